The van der Waals surface area contributed by atoms with Gasteiger partial charge in [0, 0.05) is 24.8 Å². The van der Waals surface area contributed by atoms with E-state index < -0.39 is 0 Å². The van der Waals surface area contributed by atoms with Crippen molar-refractivity contribution >= 4 is 16.8 Å². The standard InChI is InChI=1S/C14H19N3O2/c1-17-12-8-9(6-7-13(12)19-14(17)18)16-11-5-3-2-4-10(11)15/h6-8,10-11,16H,2-5,15H2,1H3. The van der Waals surface area contributed by atoms with Gasteiger partial charge in [0.1, 0.15) is 0 Å². The quantitative estimate of drug-likeness (QED) is 0.864. The minimum absolute atomic E-state index is 0.206. The molecule has 0 radical (unpaired) electrons. The molecule has 1 heterocycles. The van der Waals surface area contributed by atoms with E-state index in [0.29, 0.717) is 11.6 Å². The number of nitrogens with one attached hydrogen (secondary N) is 1. The average Bonchev–Trinajstić information content (AvgIpc) is 2.68. The fraction of sp³-hybridized carbons (Fsp3) is 0.500. The van der Waals surface area contributed by atoms with E-state index in [1.807, 2.05) is 18.2 Å². The Morgan fingerprint density at radius 1 is 1.37 bits per heavy atom. The van der Waals surface area contributed by atoms with E-state index in [1.54, 1.807) is 7.05 Å². The molecular weight excluding hydrogens is 242 g/mol. The first kappa shape index (κ1) is 12.3. The molecule has 1 aromatic carbocycles. The van der Waals surface area contributed by atoms with Crippen molar-refractivity contribution in [3.63, 3.8) is 0 Å². The van der Waals surface area contributed by atoms with E-state index in [9.17, 15) is 4.79 Å². The summed E-state index contributed by atoms with van der Waals surface area (Å²) in [6.45, 7) is 0. The molecule has 0 spiro atoms. The van der Waals surface area contributed by atoms with E-state index in [4.69, 9.17) is 10.2 Å². The van der Waals surface area contributed by atoms with Gasteiger partial charge in [0.05, 0.1) is 5.52 Å². The lowest BCUT2D eigenvalue weighted by atomic mass is 9.91. The number of hydrogen-bond acceptors (Lipinski definition) is 4. The lowest BCUT2D eigenvalue weighted by Gasteiger charge is -2.30. The predicted octanol–water partition coefficient (Wildman–Crippen LogP) is 1.81. The van der Waals surface area contributed by atoms with E-state index in [1.165, 1.54) is 17.4 Å². The number of nitrogens with zero attached hydrogens (tertiary/aromatic N) is 1. The summed E-state index contributed by atoms with van der Waals surface area (Å²) in [6, 6.07) is 6.23. The normalized spacial score (nSPS) is 23.7. The first-order valence-corrected chi connectivity index (χ1v) is 6.77. The fourth-order valence-electron chi connectivity index (χ4n) is 2.77. The minimum Gasteiger partial charge on any atom is -0.408 e. The lowest BCUT2D eigenvalue weighted by molar-refractivity contribution is 0.404. The summed E-state index contributed by atoms with van der Waals surface area (Å²) >= 11 is 0. The van der Waals surface area contributed by atoms with Crippen molar-refractivity contribution in [1.82, 2.24) is 4.57 Å². The molecule has 1 fully saturated rings. The molecule has 19 heavy (non-hydrogen) atoms. The Hall–Kier alpha value is -1.75. The van der Waals surface area contributed by atoms with Gasteiger partial charge in [-0.15, -0.1) is 0 Å². The second-order valence-electron chi connectivity index (χ2n) is 5.31. The second-order valence-corrected chi connectivity index (χ2v) is 5.31. The maximum atomic E-state index is 11.4. The van der Waals surface area contributed by atoms with Gasteiger partial charge in [0.15, 0.2) is 5.58 Å². The lowest BCUT2D eigenvalue weighted by Crippen LogP contribution is -2.42. The highest BCUT2D eigenvalue weighted by Gasteiger charge is 2.21. The molecule has 3 N–H and O–H groups in total. The Morgan fingerprint density at radius 2 is 2.16 bits per heavy atom. The number of hydrogen-bond donors (Lipinski definition) is 2. The van der Waals surface area contributed by atoms with Gasteiger partial charge in [-0.2, -0.15) is 0 Å². The summed E-state index contributed by atoms with van der Waals surface area (Å²) in [6.07, 6.45) is 4.61. The van der Waals surface area contributed by atoms with Crippen molar-refractivity contribution in [3.8, 4) is 0 Å². The molecule has 0 aliphatic heterocycles. The smallest absolute Gasteiger partial charge is 0.408 e. The predicted molar refractivity (Wildman–Crippen MR) is 75.3 cm³/mol. The number of anilines is 1. The largest absolute Gasteiger partial charge is 0.419 e. The summed E-state index contributed by atoms with van der Waals surface area (Å²) in [4.78, 5) is 11.4. The van der Waals surface area contributed by atoms with Crippen molar-refractivity contribution < 1.29 is 4.42 Å². The molecule has 5 nitrogen and oxygen atoms in total. The number of nitrogens with two attached hydrogens (primary N) is 1. The number of oxazole rings is 1. The third kappa shape index (κ3) is 2.26. The van der Waals surface area contributed by atoms with Crippen molar-refractivity contribution in [3.05, 3.63) is 28.7 Å². The Balaban J connectivity index is 1.88. The zero-order valence-corrected chi connectivity index (χ0v) is 11.1. The maximum Gasteiger partial charge on any atom is 0.419 e. The first-order valence-electron chi connectivity index (χ1n) is 6.77. The summed E-state index contributed by atoms with van der Waals surface area (Å²) in [5.74, 6) is -0.332. The summed E-state index contributed by atoms with van der Waals surface area (Å²) in [5.41, 5.74) is 8.55. The second kappa shape index (κ2) is 4.74. The molecule has 1 saturated carbocycles. The Morgan fingerprint density at radius 3 is 2.95 bits per heavy atom. The molecular formula is C14H19N3O2. The van der Waals surface area contributed by atoms with Crippen LogP contribution in [0.25, 0.3) is 11.1 Å². The molecule has 102 valence electrons. The van der Waals surface area contributed by atoms with Gasteiger partial charge < -0.3 is 15.5 Å². The van der Waals surface area contributed by atoms with Gasteiger partial charge in [-0.05, 0) is 31.0 Å². The van der Waals surface area contributed by atoms with Crippen LogP contribution in [0.1, 0.15) is 25.7 Å². The van der Waals surface area contributed by atoms with Crippen LogP contribution in [0.15, 0.2) is 27.4 Å². The van der Waals surface area contributed by atoms with Gasteiger partial charge in [-0.3, -0.25) is 4.57 Å². The molecule has 2 aromatic rings. The molecule has 2 atom stereocenters. The van der Waals surface area contributed by atoms with Crippen molar-refractivity contribution in [2.24, 2.45) is 12.8 Å². The zero-order chi connectivity index (χ0) is 13.4. The van der Waals surface area contributed by atoms with Gasteiger partial charge in [-0.1, -0.05) is 12.8 Å². The molecule has 1 aliphatic carbocycles. The molecule has 1 aliphatic rings. The van der Waals surface area contributed by atoms with Crippen LogP contribution in [-0.2, 0) is 7.05 Å². The summed E-state index contributed by atoms with van der Waals surface area (Å²) in [5, 5.41) is 3.48. The number of benzene rings is 1. The Kier molecular flexibility index (Phi) is 3.06. The summed E-state index contributed by atoms with van der Waals surface area (Å²) in [7, 11) is 1.71. The molecule has 0 amide bonds. The number of aromatic nitrogens is 1. The number of fused-ring (bicyclic) bond motifs is 1. The van der Waals surface area contributed by atoms with E-state index in [0.717, 1.165) is 24.0 Å². The average molecular weight is 261 g/mol. The number of rotatable bonds is 2. The molecule has 5 heteroatoms. The SMILES string of the molecule is Cn1c(=O)oc2ccc(NC3CCCCC3N)cc21. The van der Waals surface area contributed by atoms with Crippen LogP contribution in [0.5, 0.6) is 0 Å². The van der Waals surface area contributed by atoms with Crippen LogP contribution in [0, 0.1) is 0 Å². The highest BCUT2D eigenvalue weighted by atomic mass is 16.4. The van der Waals surface area contributed by atoms with Gasteiger partial charge in [-0.25, -0.2) is 4.79 Å². The molecule has 0 bridgehead atoms. The van der Waals surface area contributed by atoms with Crippen LogP contribution in [0.4, 0.5) is 5.69 Å². The molecule has 0 saturated heterocycles. The van der Waals surface area contributed by atoms with Crippen LogP contribution < -0.4 is 16.8 Å². The zero-order valence-electron chi connectivity index (χ0n) is 11.1. The molecule has 1 aromatic heterocycles. The van der Waals surface area contributed by atoms with Gasteiger partial charge in [0.25, 0.3) is 0 Å². The van der Waals surface area contributed by atoms with Gasteiger partial charge >= 0.3 is 5.76 Å². The monoisotopic (exact) mass is 261 g/mol. The van der Waals surface area contributed by atoms with E-state index in [-0.39, 0.29) is 11.8 Å². The van der Waals surface area contributed by atoms with Crippen LogP contribution in [0.2, 0.25) is 0 Å². The van der Waals surface area contributed by atoms with E-state index in [2.05, 4.69) is 5.32 Å². The highest BCUT2D eigenvalue weighted by Crippen LogP contribution is 2.23. The van der Waals surface area contributed by atoms with Crippen molar-refractivity contribution in [2.75, 3.05) is 5.32 Å². The third-order valence-electron chi connectivity index (χ3n) is 3.96. The molecule has 3 rings (SSSR count). The van der Waals surface area contributed by atoms with Crippen LogP contribution >= 0.6 is 0 Å². The summed E-state index contributed by atoms with van der Waals surface area (Å²) < 4.78 is 6.63. The topological polar surface area (TPSA) is 73.2 Å². The Bertz CT molecular complexity index is 644. The van der Waals surface area contributed by atoms with E-state index >= 15 is 0 Å². The molecule has 2 unspecified atom stereocenters. The first-order chi connectivity index (χ1) is 9.15. The fourth-order valence-corrected chi connectivity index (χ4v) is 2.77. The van der Waals surface area contributed by atoms with Crippen LogP contribution in [-0.4, -0.2) is 16.7 Å². The van der Waals surface area contributed by atoms with Crippen molar-refractivity contribution in [2.45, 2.75) is 37.8 Å². The maximum absolute atomic E-state index is 11.4. The minimum atomic E-state index is -0.332. The number of aryl methyl sites for hydroxylation is 1. The van der Waals surface area contributed by atoms with Crippen molar-refractivity contribution in [1.29, 1.82) is 0 Å². The van der Waals surface area contributed by atoms with Crippen LogP contribution in [0.3, 0.4) is 0 Å². The third-order valence-corrected chi connectivity index (χ3v) is 3.96. The Labute approximate surface area is 111 Å². The van der Waals surface area contributed by atoms with Gasteiger partial charge in [0.2, 0.25) is 0 Å². The highest BCUT2D eigenvalue weighted by molar-refractivity contribution is 5.77.